The van der Waals surface area contributed by atoms with Crippen molar-refractivity contribution in [2.75, 3.05) is 7.11 Å². The molecule has 0 radical (unpaired) electrons. The molecular weight excluding hydrogens is 312 g/mol. The van der Waals surface area contributed by atoms with E-state index in [4.69, 9.17) is 21.1 Å². The van der Waals surface area contributed by atoms with E-state index in [9.17, 15) is 4.79 Å². The van der Waals surface area contributed by atoms with Crippen LogP contribution in [0.5, 0.6) is 0 Å². The van der Waals surface area contributed by atoms with Crippen molar-refractivity contribution >= 4 is 23.3 Å². The Morgan fingerprint density at radius 2 is 1.78 bits per heavy atom. The fourth-order valence-corrected chi connectivity index (χ4v) is 2.81. The average molecular weight is 327 g/mol. The van der Waals surface area contributed by atoms with Gasteiger partial charge in [0.1, 0.15) is 17.4 Å². The summed E-state index contributed by atoms with van der Waals surface area (Å²) in [6.45, 7) is 4.04. The molecule has 0 N–H and O–H groups in total. The first-order chi connectivity index (χ1) is 11.1. The second-order valence-electron chi connectivity index (χ2n) is 5.11. The largest absolute Gasteiger partial charge is 0.479 e. The standard InChI is InChI=1S/C19H15ClO3/c1-12-16(19(21)22-2)18(14-10-6-7-11-15(14)20)23-17(12)13-8-4-3-5-9-13/h3-11,17H,1H2,2H3/t17-/m0/s1. The molecule has 1 atom stereocenters. The lowest BCUT2D eigenvalue weighted by Crippen LogP contribution is -2.07. The fourth-order valence-electron chi connectivity index (χ4n) is 2.59. The van der Waals surface area contributed by atoms with E-state index >= 15 is 0 Å². The number of benzene rings is 2. The van der Waals surface area contributed by atoms with Crippen molar-refractivity contribution < 1.29 is 14.3 Å². The number of hydrogen-bond donors (Lipinski definition) is 0. The Labute approximate surface area is 139 Å². The Bertz CT molecular complexity index is 793. The number of hydrogen-bond acceptors (Lipinski definition) is 3. The average Bonchev–Trinajstić information content (AvgIpc) is 2.92. The van der Waals surface area contributed by atoms with E-state index in [0.29, 0.717) is 27.5 Å². The van der Waals surface area contributed by atoms with Crippen LogP contribution in [0.4, 0.5) is 0 Å². The molecule has 0 bridgehead atoms. The molecule has 1 heterocycles. The molecule has 2 aromatic rings. The van der Waals surface area contributed by atoms with Gasteiger partial charge in [-0.15, -0.1) is 0 Å². The minimum atomic E-state index is -0.483. The highest BCUT2D eigenvalue weighted by Crippen LogP contribution is 2.45. The number of halogens is 1. The van der Waals surface area contributed by atoms with Crippen LogP contribution in [0.1, 0.15) is 17.2 Å². The van der Waals surface area contributed by atoms with Crippen molar-refractivity contribution in [3.05, 3.63) is 88.5 Å². The van der Waals surface area contributed by atoms with Gasteiger partial charge < -0.3 is 9.47 Å². The molecule has 2 aromatic carbocycles. The van der Waals surface area contributed by atoms with Crippen LogP contribution < -0.4 is 0 Å². The van der Waals surface area contributed by atoms with Gasteiger partial charge in [-0.25, -0.2) is 4.79 Å². The van der Waals surface area contributed by atoms with Gasteiger partial charge in [-0.05, 0) is 17.7 Å². The maximum Gasteiger partial charge on any atom is 0.342 e. The van der Waals surface area contributed by atoms with E-state index in [1.165, 1.54) is 7.11 Å². The quantitative estimate of drug-likeness (QED) is 0.776. The summed E-state index contributed by atoms with van der Waals surface area (Å²) in [7, 11) is 1.34. The van der Waals surface area contributed by atoms with Crippen molar-refractivity contribution in [3.8, 4) is 0 Å². The zero-order valence-corrected chi connectivity index (χ0v) is 13.3. The third-order valence-electron chi connectivity index (χ3n) is 3.71. The summed E-state index contributed by atoms with van der Waals surface area (Å²) in [6, 6.07) is 16.8. The zero-order chi connectivity index (χ0) is 16.4. The lowest BCUT2D eigenvalue weighted by molar-refractivity contribution is -0.135. The highest BCUT2D eigenvalue weighted by Gasteiger charge is 2.36. The van der Waals surface area contributed by atoms with Gasteiger partial charge in [-0.1, -0.05) is 60.6 Å². The number of methoxy groups -OCH3 is 1. The molecule has 116 valence electrons. The zero-order valence-electron chi connectivity index (χ0n) is 12.6. The molecule has 4 heteroatoms. The van der Waals surface area contributed by atoms with Gasteiger partial charge in [0.2, 0.25) is 0 Å². The smallest absolute Gasteiger partial charge is 0.342 e. The number of rotatable bonds is 3. The van der Waals surface area contributed by atoms with Gasteiger partial charge in [-0.2, -0.15) is 0 Å². The van der Waals surface area contributed by atoms with Gasteiger partial charge in [0.15, 0.2) is 0 Å². The monoisotopic (exact) mass is 326 g/mol. The Morgan fingerprint density at radius 1 is 1.13 bits per heavy atom. The molecule has 0 unspecified atom stereocenters. The van der Waals surface area contributed by atoms with Gasteiger partial charge in [0.25, 0.3) is 0 Å². The first-order valence-electron chi connectivity index (χ1n) is 7.11. The Hall–Kier alpha value is -2.52. The summed E-state index contributed by atoms with van der Waals surface area (Å²) in [4.78, 5) is 12.2. The normalized spacial score (nSPS) is 17.1. The van der Waals surface area contributed by atoms with Crippen LogP contribution >= 0.6 is 11.6 Å². The minimum absolute atomic E-state index is 0.328. The second-order valence-corrected chi connectivity index (χ2v) is 5.52. The van der Waals surface area contributed by atoms with E-state index in [0.717, 1.165) is 5.56 Å². The molecule has 1 aliphatic rings. The molecule has 3 nitrogen and oxygen atoms in total. The van der Waals surface area contributed by atoms with Crippen molar-refractivity contribution in [3.63, 3.8) is 0 Å². The van der Waals surface area contributed by atoms with Crippen molar-refractivity contribution in [2.45, 2.75) is 6.10 Å². The van der Waals surface area contributed by atoms with Crippen LogP contribution in [-0.4, -0.2) is 13.1 Å². The van der Waals surface area contributed by atoms with E-state index in [1.54, 1.807) is 12.1 Å². The van der Waals surface area contributed by atoms with E-state index in [2.05, 4.69) is 6.58 Å². The fraction of sp³-hybridized carbons (Fsp3) is 0.105. The third-order valence-corrected chi connectivity index (χ3v) is 4.04. The van der Waals surface area contributed by atoms with Gasteiger partial charge in [0.05, 0.1) is 12.1 Å². The Kier molecular flexibility index (Phi) is 4.22. The highest BCUT2D eigenvalue weighted by molar-refractivity contribution is 6.32. The molecule has 0 aliphatic carbocycles. The Balaban J connectivity index is 2.10. The summed E-state index contributed by atoms with van der Waals surface area (Å²) in [5, 5.41) is 0.505. The van der Waals surface area contributed by atoms with Crippen molar-refractivity contribution in [1.29, 1.82) is 0 Å². The van der Waals surface area contributed by atoms with E-state index < -0.39 is 12.1 Å². The molecule has 3 rings (SSSR count). The van der Waals surface area contributed by atoms with Crippen LogP contribution in [0.2, 0.25) is 5.02 Å². The molecular formula is C19H15ClO3. The number of esters is 1. The van der Waals surface area contributed by atoms with Gasteiger partial charge >= 0.3 is 5.97 Å². The first-order valence-corrected chi connectivity index (χ1v) is 7.49. The molecule has 0 spiro atoms. The maximum atomic E-state index is 12.2. The molecule has 1 aliphatic heterocycles. The second kappa shape index (κ2) is 6.31. The molecule has 23 heavy (non-hydrogen) atoms. The van der Waals surface area contributed by atoms with Crippen LogP contribution in [-0.2, 0) is 14.3 Å². The number of ether oxygens (including phenoxy) is 2. The lowest BCUT2D eigenvalue weighted by Gasteiger charge is -2.14. The third kappa shape index (κ3) is 2.76. The molecule has 0 aromatic heterocycles. The van der Waals surface area contributed by atoms with E-state index in [-0.39, 0.29) is 0 Å². The lowest BCUT2D eigenvalue weighted by atomic mass is 9.97. The SMILES string of the molecule is C=C1C(C(=O)OC)=C(c2ccccc2Cl)O[C@@H]1c1ccccc1. The summed E-state index contributed by atoms with van der Waals surface area (Å²) in [5.41, 5.74) is 2.46. The summed E-state index contributed by atoms with van der Waals surface area (Å²) >= 11 is 6.26. The van der Waals surface area contributed by atoms with E-state index in [1.807, 2.05) is 42.5 Å². The van der Waals surface area contributed by atoms with Gasteiger partial charge in [0, 0.05) is 11.1 Å². The van der Waals surface area contributed by atoms with Gasteiger partial charge in [-0.3, -0.25) is 0 Å². The first kappa shape index (κ1) is 15.4. The summed E-state index contributed by atoms with van der Waals surface area (Å²) in [5.74, 6) is -0.0790. The van der Waals surface area contributed by atoms with Crippen molar-refractivity contribution in [2.24, 2.45) is 0 Å². The summed E-state index contributed by atoms with van der Waals surface area (Å²) < 4.78 is 11.0. The van der Waals surface area contributed by atoms with Crippen LogP contribution in [0.15, 0.2) is 72.3 Å². The molecule has 0 fully saturated rings. The predicted molar refractivity (Wildman–Crippen MR) is 89.8 cm³/mol. The van der Waals surface area contributed by atoms with Crippen LogP contribution in [0, 0.1) is 0 Å². The Morgan fingerprint density at radius 3 is 2.43 bits per heavy atom. The van der Waals surface area contributed by atoms with Crippen molar-refractivity contribution in [1.82, 2.24) is 0 Å². The van der Waals surface area contributed by atoms with Crippen LogP contribution in [0.25, 0.3) is 5.76 Å². The maximum absolute atomic E-state index is 12.2. The number of carbonyl (C=O) groups excluding carboxylic acids is 1. The molecule has 0 saturated carbocycles. The number of carbonyl (C=O) groups is 1. The molecule has 0 saturated heterocycles. The minimum Gasteiger partial charge on any atom is -0.479 e. The van der Waals surface area contributed by atoms with Crippen LogP contribution in [0.3, 0.4) is 0 Å². The summed E-state index contributed by atoms with van der Waals surface area (Å²) in [6.07, 6.45) is -0.434. The topological polar surface area (TPSA) is 35.5 Å². The molecule has 0 amide bonds. The highest BCUT2D eigenvalue weighted by atomic mass is 35.5. The predicted octanol–water partition coefficient (Wildman–Crippen LogP) is 4.55.